The lowest BCUT2D eigenvalue weighted by molar-refractivity contribution is 0.0786. The summed E-state index contributed by atoms with van der Waals surface area (Å²) in [7, 11) is 0. The normalized spacial score (nSPS) is 25.4. The van der Waals surface area contributed by atoms with E-state index in [1.165, 1.54) is 36.3 Å². The molecule has 3 aliphatic rings. The molecule has 2 unspecified atom stereocenters. The second-order valence-corrected chi connectivity index (χ2v) is 8.69. The molecular weight excluding hydrogens is 346 g/mol. The Morgan fingerprint density at radius 3 is 2.50 bits per heavy atom. The van der Waals surface area contributed by atoms with Crippen LogP contribution in [0.1, 0.15) is 46.2 Å². The average molecular weight is 369 g/mol. The number of hydrogen-bond acceptors (Lipinski definition) is 6. The molecule has 0 radical (unpaired) electrons. The first kappa shape index (κ1) is 16.2. The lowest BCUT2D eigenvalue weighted by Crippen LogP contribution is -2.33. The summed E-state index contributed by atoms with van der Waals surface area (Å²) in [5, 5.41) is 0. The van der Waals surface area contributed by atoms with Crippen LogP contribution >= 0.6 is 11.3 Å². The second kappa shape index (κ2) is 6.30. The van der Waals surface area contributed by atoms with Gasteiger partial charge in [0, 0.05) is 55.7 Å². The van der Waals surface area contributed by atoms with Gasteiger partial charge in [-0.05, 0) is 19.8 Å². The Labute approximate surface area is 157 Å². The Bertz CT molecular complexity index is 819. The van der Waals surface area contributed by atoms with Gasteiger partial charge in [0.05, 0.1) is 11.2 Å². The fourth-order valence-electron chi connectivity index (χ4n) is 4.46. The third-order valence-electron chi connectivity index (χ3n) is 6.23. The van der Waals surface area contributed by atoms with Crippen LogP contribution in [0.25, 0.3) is 0 Å². The predicted octanol–water partition coefficient (Wildman–Crippen LogP) is 2.72. The maximum atomic E-state index is 12.7. The molecule has 2 aromatic heterocycles. The van der Waals surface area contributed by atoms with Gasteiger partial charge in [0.2, 0.25) is 0 Å². The quantitative estimate of drug-likeness (QED) is 0.832. The zero-order valence-corrected chi connectivity index (χ0v) is 15.8. The minimum Gasteiger partial charge on any atom is -0.356 e. The van der Waals surface area contributed by atoms with Crippen molar-refractivity contribution in [2.45, 2.75) is 32.1 Å². The molecular formula is C19H23N5OS. The SMILES string of the molecule is Cc1ncsc1C(=O)N1CC2CN(c3cc(C4CCC4)ncn3)CC2C1. The number of aryl methyl sites for hydroxylation is 1. The molecule has 1 amide bonds. The van der Waals surface area contributed by atoms with Gasteiger partial charge in [-0.1, -0.05) is 6.42 Å². The van der Waals surface area contributed by atoms with E-state index < -0.39 is 0 Å². The van der Waals surface area contributed by atoms with E-state index in [0.29, 0.717) is 17.8 Å². The average Bonchev–Trinajstić information content (AvgIpc) is 3.27. The van der Waals surface area contributed by atoms with Crippen molar-refractivity contribution in [3.63, 3.8) is 0 Å². The van der Waals surface area contributed by atoms with Crippen LogP contribution < -0.4 is 4.90 Å². The maximum absolute atomic E-state index is 12.7. The highest BCUT2D eigenvalue weighted by Gasteiger charge is 2.42. The number of carbonyl (C=O) groups excluding carboxylic acids is 1. The Morgan fingerprint density at radius 1 is 1.12 bits per heavy atom. The van der Waals surface area contributed by atoms with Crippen molar-refractivity contribution in [1.82, 2.24) is 19.9 Å². The second-order valence-electron chi connectivity index (χ2n) is 7.83. The summed E-state index contributed by atoms with van der Waals surface area (Å²) >= 11 is 1.45. The summed E-state index contributed by atoms with van der Waals surface area (Å²) in [5.74, 6) is 2.92. The van der Waals surface area contributed by atoms with Crippen LogP contribution in [0.15, 0.2) is 17.9 Å². The molecule has 0 N–H and O–H groups in total. The number of fused-ring (bicyclic) bond motifs is 1. The fourth-order valence-corrected chi connectivity index (χ4v) is 5.23. The van der Waals surface area contributed by atoms with Crippen LogP contribution in [0.3, 0.4) is 0 Å². The standard InChI is InChI=1S/C19H23N5OS/c1-12-18(26-11-22-12)19(25)24-8-14-6-23(7-15(14)9-24)17-5-16(20-10-21-17)13-3-2-4-13/h5,10-11,13-15H,2-4,6-9H2,1H3. The summed E-state index contributed by atoms with van der Waals surface area (Å²) in [6, 6.07) is 2.19. The van der Waals surface area contributed by atoms with E-state index in [4.69, 9.17) is 0 Å². The zero-order chi connectivity index (χ0) is 17.7. The van der Waals surface area contributed by atoms with Crippen molar-refractivity contribution < 1.29 is 4.79 Å². The van der Waals surface area contributed by atoms with Gasteiger partial charge in [-0.15, -0.1) is 11.3 Å². The molecule has 2 aromatic rings. The summed E-state index contributed by atoms with van der Waals surface area (Å²) in [6.07, 6.45) is 5.56. The third-order valence-corrected chi connectivity index (χ3v) is 7.15. The molecule has 2 aliphatic heterocycles. The van der Waals surface area contributed by atoms with E-state index in [2.05, 4.69) is 25.9 Å². The van der Waals surface area contributed by atoms with E-state index >= 15 is 0 Å². The highest BCUT2D eigenvalue weighted by molar-refractivity contribution is 7.11. The van der Waals surface area contributed by atoms with Crippen molar-refractivity contribution >= 4 is 23.1 Å². The number of amides is 1. The van der Waals surface area contributed by atoms with Gasteiger partial charge in [-0.25, -0.2) is 15.0 Å². The molecule has 26 heavy (non-hydrogen) atoms. The van der Waals surface area contributed by atoms with E-state index in [9.17, 15) is 4.79 Å². The van der Waals surface area contributed by atoms with Crippen molar-refractivity contribution in [1.29, 1.82) is 0 Å². The van der Waals surface area contributed by atoms with Crippen LogP contribution in [0.5, 0.6) is 0 Å². The highest BCUT2D eigenvalue weighted by Crippen LogP contribution is 2.38. The monoisotopic (exact) mass is 369 g/mol. The van der Waals surface area contributed by atoms with E-state index in [-0.39, 0.29) is 5.91 Å². The van der Waals surface area contributed by atoms with Crippen LogP contribution in [-0.2, 0) is 0 Å². The van der Waals surface area contributed by atoms with E-state index in [1.807, 2.05) is 11.8 Å². The number of nitrogens with zero attached hydrogens (tertiary/aromatic N) is 5. The van der Waals surface area contributed by atoms with E-state index in [1.54, 1.807) is 11.8 Å². The van der Waals surface area contributed by atoms with Gasteiger partial charge in [0.15, 0.2) is 0 Å². The van der Waals surface area contributed by atoms with Gasteiger partial charge in [0.25, 0.3) is 5.91 Å². The lowest BCUT2D eigenvalue weighted by Gasteiger charge is -2.26. The van der Waals surface area contributed by atoms with E-state index in [0.717, 1.165) is 42.6 Å². The molecule has 5 rings (SSSR count). The van der Waals surface area contributed by atoms with Crippen LogP contribution in [0, 0.1) is 18.8 Å². The smallest absolute Gasteiger partial charge is 0.265 e. The molecule has 2 saturated heterocycles. The topological polar surface area (TPSA) is 62.2 Å². The van der Waals surface area contributed by atoms with Crippen molar-refractivity contribution in [3.05, 3.63) is 34.2 Å². The summed E-state index contributed by atoms with van der Waals surface area (Å²) in [5.41, 5.74) is 3.81. The minimum atomic E-state index is 0.153. The summed E-state index contributed by atoms with van der Waals surface area (Å²) in [4.78, 5) is 31.2. The number of hydrogen-bond donors (Lipinski definition) is 0. The molecule has 0 bridgehead atoms. The van der Waals surface area contributed by atoms with Gasteiger partial charge in [-0.2, -0.15) is 0 Å². The molecule has 4 heterocycles. The third kappa shape index (κ3) is 2.69. The maximum Gasteiger partial charge on any atom is 0.265 e. The van der Waals surface area contributed by atoms with Crippen LogP contribution in [0.4, 0.5) is 5.82 Å². The number of rotatable bonds is 3. The first-order chi connectivity index (χ1) is 12.7. The molecule has 6 nitrogen and oxygen atoms in total. The molecule has 3 fully saturated rings. The first-order valence-electron chi connectivity index (χ1n) is 9.45. The Balaban J connectivity index is 1.26. The number of aromatic nitrogens is 3. The number of thiazole rings is 1. The fraction of sp³-hybridized carbons (Fsp3) is 0.579. The summed E-state index contributed by atoms with van der Waals surface area (Å²) in [6.45, 7) is 5.57. The number of carbonyl (C=O) groups is 1. The molecule has 0 aromatic carbocycles. The molecule has 0 spiro atoms. The van der Waals surface area contributed by atoms with Gasteiger partial charge >= 0.3 is 0 Å². The Morgan fingerprint density at radius 2 is 1.88 bits per heavy atom. The van der Waals surface area contributed by atoms with Gasteiger partial charge in [0.1, 0.15) is 17.0 Å². The van der Waals surface area contributed by atoms with Crippen molar-refractivity contribution in [3.8, 4) is 0 Å². The van der Waals surface area contributed by atoms with Gasteiger partial charge in [-0.3, -0.25) is 4.79 Å². The molecule has 7 heteroatoms. The zero-order valence-electron chi connectivity index (χ0n) is 15.0. The summed E-state index contributed by atoms with van der Waals surface area (Å²) < 4.78 is 0. The first-order valence-corrected chi connectivity index (χ1v) is 10.3. The van der Waals surface area contributed by atoms with Crippen LogP contribution in [-0.4, -0.2) is 51.9 Å². The number of anilines is 1. The largest absolute Gasteiger partial charge is 0.356 e. The van der Waals surface area contributed by atoms with Crippen LogP contribution in [0.2, 0.25) is 0 Å². The molecule has 136 valence electrons. The number of likely N-dealkylation sites (tertiary alicyclic amines) is 1. The van der Waals surface area contributed by atoms with Crippen molar-refractivity contribution in [2.75, 3.05) is 31.1 Å². The minimum absolute atomic E-state index is 0.153. The van der Waals surface area contributed by atoms with Crippen molar-refractivity contribution in [2.24, 2.45) is 11.8 Å². The van der Waals surface area contributed by atoms with Gasteiger partial charge < -0.3 is 9.80 Å². The highest BCUT2D eigenvalue weighted by atomic mass is 32.1. The molecule has 1 aliphatic carbocycles. The molecule has 2 atom stereocenters. The lowest BCUT2D eigenvalue weighted by atomic mass is 9.83. The Hall–Kier alpha value is -2.02. The molecule has 1 saturated carbocycles. The Kier molecular flexibility index (Phi) is 3.92. The predicted molar refractivity (Wildman–Crippen MR) is 101 cm³/mol.